The molecule has 0 radical (unpaired) electrons. The monoisotopic (exact) mass is 440 g/mol. The molecule has 0 spiro atoms. The number of methoxy groups -OCH3 is 1. The molecule has 2 fully saturated rings. The fraction of sp³-hybridized carbons (Fsp3) is 0.759. The van der Waals surface area contributed by atoms with Gasteiger partial charge in [-0.25, -0.2) is 0 Å². The van der Waals surface area contributed by atoms with Crippen LogP contribution in [0.3, 0.4) is 0 Å². The normalized spacial score (nSPS) is 30.8. The second-order valence-corrected chi connectivity index (χ2v) is 11.0. The minimum absolute atomic E-state index is 0.0497. The van der Waals surface area contributed by atoms with Gasteiger partial charge in [-0.2, -0.15) is 0 Å². The van der Waals surface area contributed by atoms with Crippen LogP contribution in [0.5, 0.6) is 5.75 Å². The number of esters is 1. The summed E-state index contributed by atoms with van der Waals surface area (Å²) in [6.07, 6.45) is 16.5. The van der Waals surface area contributed by atoms with Crippen LogP contribution in [0, 0.1) is 17.3 Å². The molecule has 0 bridgehead atoms. The van der Waals surface area contributed by atoms with Gasteiger partial charge < -0.3 is 9.47 Å². The van der Waals surface area contributed by atoms with Crippen LogP contribution >= 0.6 is 0 Å². The van der Waals surface area contributed by atoms with Crippen molar-refractivity contribution in [3.8, 4) is 5.75 Å². The molecule has 0 unspecified atom stereocenters. The number of benzene rings is 1. The van der Waals surface area contributed by atoms with Crippen molar-refractivity contribution in [1.29, 1.82) is 0 Å². The van der Waals surface area contributed by atoms with Crippen molar-refractivity contribution in [3.63, 3.8) is 0 Å². The van der Waals surface area contributed by atoms with E-state index < -0.39 is 0 Å². The summed E-state index contributed by atoms with van der Waals surface area (Å²) < 4.78 is 11.6. The third kappa shape index (κ3) is 4.87. The standard InChI is InChI=1S/C29H44O3/c1-4-5-6-7-8-9-10-11-28(30)32-27-17-16-26-25-14-12-21-20-22(31-3)13-15-23(21)24(25)18-19-29(26,27)2/h13,15,20,24-27H,4-12,14,16-19H2,1-3H3/t24-,25-,26+,27+,29+/m1/s1. The Morgan fingerprint density at radius 1 is 1.03 bits per heavy atom. The Balaban J connectivity index is 1.30. The summed E-state index contributed by atoms with van der Waals surface area (Å²) in [6, 6.07) is 6.71. The average Bonchev–Trinajstić information content (AvgIpc) is 3.13. The Kier molecular flexibility index (Phi) is 7.84. The minimum atomic E-state index is 0.0497. The van der Waals surface area contributed by atoms with Crippen LogP contribution in [0.1, 0.15) is 114 Å². The summed E-state index contributed by atoms with van der Waals surface area (Å²) in [5.41, 5.74) is 3.22. The molecule has 3 heteroatoms. The summed E-state index contributed by atoms with van der Waals surface area (Å²) in [5.74, 6) is 3.13. The van der Waals surface area contributed by atoms with Crippen LogP contribution in [0.4, 0.5) is 0 Å². The number of carbonyl (C=O) groups is 1. The molecule has 2 saturated carbocycles. The van der Waals surface area contributed by atoms with Crippen molar-refractivity contribution < 1.29 is 14.3 Å². The Morgan fingerprint density at radius 2 is 1.81 bits per heavy atom. The lowest BCUT2D eigenvalue weighted by Gasteiger charge is -2.50. The molecule has 0 amide bonds. The first-order valence-electron chi connectivity index (χ1n) is 13.4. The van der Waals surface area contributed by atoms with Crippen LogP contribution in [-0.4, -0.2) is 19.2 Å². The number of aryl methyl sites for hydroxylation is 1. The van der Waals surface area contributed by atoms with E-state index in [0.717, 1.165) is 37.4 Å². The van der Waals surface area contributed by atoms with Gasteiger partial charge in [0.05, 0.1) is 7.11 Å². The Bertz CT molecular complexity index is 772. The van der Waals surface area contributed by atoms with Gasteiger partial charge in [0.2, 0.25) is 0 Å². The average molecular weight is 441 g/mol. The summed E-state index contributed by atoms with van der Waals surface area (Å²) >= 11 is 0. The molecule has 3 aliphatic rings. The lowest BCUT2D eigenvalue weighted by molar-refractivity contribution is -0.157. The quantitative estimate of drug-likeness (QED) is 0.277. The topological polar surface area (TPSA) is 35.5 Å². The van der Waals surface area contributed by atoms with E-state index in [-0.39, 0.29) is 17.5 Å². The molecule has 178 valence electrons. The molecule has 0 N–H and O–H groups in total. The first-order chi connectivity index (χ1) is 15.6. The van der Waals surface area contributed by atoms with Gasteiger partial charge in [-0.15, -0.1) is 0 Å². The summed E-state index contributed by atoms with van der Waals surface area (Å²) in [7, 11) is 1.76. The second-order valence-electron chi connectivity index (χ2n) is 11.0. The minimum Gasteiger partial charge on any atom is -0.497 e. The molecule has 1 aromatic rings. The summed E-state index contributed by atoms with van der Waals surface area (Å²) in [6.45, 7) is 4.68. The van der Waals surface area contributed by atoms with Gasteiger partial charge in [0, 0.05) is 11.8 Å². The number of fused-ring (bicyclic) bond motifs is 5. The zero-order chi connectivity index (χ0) is 22.6. The van der Waals surface area contributed by atoms with Crippen LogP contribution in [0.25, 0.3) is 0 Å². The molecule has 1 aromatic carbocycles. The highest BCUT2D eigenvalue weighted by Gasteiger charge is 2.56. The van der Waals surface area contributed by atoms with Crippen LogP contribution in [-0.2, 0) is 16.0 Å². The van der Waals surface area contributed by atoms with Crippen LogP contribution in [0.15, 0.2) is 18.2 Å². The smallest absolute Gasteiger partial charge is 0.306 e. The Morgan fingerprint density at radius 3 is 2.59 bits per heavy atom. The highest BCUT2D eigenvalue weighted by atomic mass is 16.5. The van der Waals surface area contributed by atoms with Gasteiger partial charge in [0.1, 0.15) is 11.9 Å². The van der Waals surface area contributed by atoms with E-state index in [9.17, 15) is 4.79 Å². The van der Waals surface area contributed by atoms with Gasteiger partial charge >= 0.3 is 5.97 Å². The lowest BCUT2D eigenvalue weighted by atomic mass is 9.55. The van der Waals surface area contributed by atoms with Crippen molar-refractivity contribution in [2.45, 2.75) is 116 Å². The highest BCUT2D eigenvalue weighted by Crippen LogP contribution is 2.61. The number of hydrogen-bond donors (Lipinski definition) is 0. The molecular weight excluding hydrogens is 396 g/mol. The third-order valence-corrected chi connectivity index (χ3v) is 9.10. The van der Waals surface area contributed by atoms with E-state index in [2.05, 4.69) is 32.0 Å². The predicted molar refractivity (Wildman–Crippen MR) is 130 cm³/mol. The number of ether oxygens (including phenoxy) is 2. The van der Waals surface area contributed by atoms with Gasteiger partial charge in [-0.1, -0.05) is 58.4 Å². The lowest BCUT2D eigenvalue weighted by Crippen LogP contribution is -2.45. The van der Waals surface area contributed by atoms with E-state index >= 15 is 0 Å². The molecule has 0 aromatic heterocycles. The van der Waals surface area contributed by atoms with Gasteiger partial charge in [0.15, 0.2) is 0 Å². The molecular formula is C29H44O3. The van der Waals surface area contributed by atoms with E-state index in [0.29, 0.717) is 18.3 Å². The van der Waals surface area contributed by atoms with Crippen molar-refractivity contribution >= 4 is 5.97 Å². The zero-order valence-electron chi connectivity index (χ0n) is 20.7. The first-order valence-corrected chi connectivity index (χ1v) is 13.4. The van der Waals surface area contributed by atoms with E-state index in [4.69, 9.17) is 9.47 Å². The second kappa shape index (κ2) is 10.6. The molecule has 5 atom stereocenters. The SMILES string of the molecule is CCCCCCCCCC(=O)O[C@H]1CC[C@H]2[C@@H]3CCc4cc(OC)ccc4[C@H]3CC[C@]12C. The van der Waals surface area contributed by atoms with Crippen molar-refractivity contribution in [2.24, 2.45) is 17.3 Å². The third-order valence-electron chi connectivity index (χ3n) is 9.10. The number of rotatable bonds is 10. The Labute approximate surface area is 195 Å². The van der Waals surface area contributed by atoms with Crippen LogP contribution < -0.4 is 4.74 Å². The van der Waals surface area contributed by atoms with E-state index in [1.165, 1.54) is 63.4 Å². The molecule has 0 aliphatic heterocycles. The maximum Gasteiger partial charge on any atom is 0.306 e. The maximum absolute atomic E-state index is 12.6. The summed E-state index contributed by atoms with van der Waals surface area (Å²) in [4.78, 5) is 12.6. The molecule has 3 nitrogen and oxygen atoms in total. The van der Waals surface area contributed by atoms with Gasteiger partial charge in [0.25, 0.3) is 0 Å². The molecule has 32 heavy (non-hydrogen) atoms. The fourth-order valence-electron chi connectivity index (χ4n) is 7.28. The fourth-order valence-corrected chi connectivity index (χ4v) is 7.28. The number of hydrogen-bond acceptors (Lipinski definition) is 3. The van der Waals surface area contributed by atoms with Crippen molar-refractivity contribution in [2.75, 3.05) is 7.11 Å². The van der Waals surface area contributed by atoms with Crippen LogP contribution in [0.2, 0.25) is 0 Å². The molecule has 0 saturated heterocycles. The largest absolute Gasteiger partial charge is 0.497 e. The van der Waals surface area contributed by atoms with Gasteiger partial charge in [-0.05, 0) is 86.0 Å². The van der Waals surface area contributed by atoms with E-state index in [1.807, 2.05) is 0 Å². The summed E-state index contributed by atoms with van der Waals surface area (Å²) in [5, 5.41) is 0. The zero-order valence-corrected chi connectivity index (χ0v) is 20.7. The van der Waals surface area contributed by atoms with E-state index in [1.54, 1.807) is 12.7 Å². The highest BCUT2D eigenvalue weighted by molar-refractivity contribution is 5.69. The maximum atomic E-state index is 12.6. The first kappa shape index (κ1) is 23.6. The van der Waals surface area contributed by atoms with Gasteiger partial charge in [-0.3, -0.25) is 4.79 Å². The Hall–Kier alpha value is -1.51. The predicted octanol–water partition coefficient (Wildman–Crippen LogP) is 7.60. The molecule has 0 heterocycles. The van der Waals surface area contributed by atoms with Crippen molar-refractivity contribution in [3.05, 3.63) is 29.3 Å². The number of unbranched alkanes of at least 4 members (excludes halogenated alkanes) is 6. The molecule has 4 rings (SSSR count). The number of carbonyl (C=O) groups excluding carboxylic acids is 1. The van der Waals surface area contributed by atoms with Crippen molar-refractivity contribution in [1.82, 2.24) is 0 Å². The molecule has 3 aliphatic carbocycles.